The van der Waals surface area contributed by atoms with Crippen molar-refractivity contribution in [3.8, 4) is 10.7 Å². The van der Waals surface area contributed by atoms with Gasteiger partial charge in [-0.05, 0) is 51.7 Å². The Kier molecular flexibility index (Phi) is 4.85. The van der Waals surface area contributed by atoms with E-state index in [-0.39, 0.29) is 6.09 Å². The van der Waals surface area contributed by atoms with Crippen molar-refractivity contribution in [2.24, 2.45) is 5.92 Å². The number of pyridine rings is 1. The number of likely N-dealkylation sites (tertiary alicyclic amines) is 1. The van der Waals surface area contributed by atoms with Crippen LogP contribution in [0.4, 0.5) is 4.79 Å². The molecule has 1 aliphatic heterocycles. The molecular formula is C18H23N3O2S. The van der Waals surface area contributed by atoms with Crippen molar-refractivity contribution < 1.29 is 9.53 Å². The van der Waals surface area contributed by atoms with Crippen LogP contribution in [0.1, 0.15) is 32.9 Å². The molecule has 0 radical (unpaired) electrons. The van der Waals surface area contributed by atoms with Gasteiger partial charge in [-0.1, -0.05) is 6.07 Å². The van der Waals surface area contributed by atoms with Crippen molar-refractivity contribution in [3.05, 3.63) is 35.5 Å². The van der Waals surface area contributed by atoms with E-state index in [0.29, 0.717) is 5.92 Å². The van der Waals surface area contributed by atoms with Crippen LogP contribution in [0.5, 0.6) is 0 Å². The van der Waals surface area contributed by atoms with E-state index >= 15 is 0 Å². The third-order valence-electron chi connectivity index (χ3n) is 3.89. The summed E-state index contributed by atoms with van der Waals surface area (Å²) < 4.78 is 5.45. The monoisotopic (exact) mass is 345 g/mol. The second kappa shape index (κ2) is 6.89. The van der Waals surface area contributed by atoms with Gasteiger partial charge >= 0.3 is 6.09 Å². The van der Waals surface area contributed by atoms with E-state index in [1.165, 1.54) is 0 Å². The first-order valence-corrected chi connectivity index (χ1v) is 9.12. The summed E-state index contributed by atoms with van der Waals surface area (Å²) >= 11 is 1.59. The van der Waals surface area contributed by atoms with Crippen molar-refractivity contribution in [1.82, 2.24) is 14.9 Å². The maximum absolute atomic E-state index is 12.1. The average Bonchev–Trinajstić information content (AvgIpc) is 3.17. The van der Waals surface area contributed by atoms with Crippen LogP contribution in [0, 0.1) is 5.92 Å². The molecule has 1 unspecified atom stereocenters. The van der Waals surface area contributed by atoms with Crippen LogP contribution in [-0.4, -0.2) is 39.7 Å². The van der Waals surface area contributed by atoms with E-state index in [1.54, 1.807) is 22.4 Å². The van der Waals surface area contributed by atoms with E-state index in [1.807, 2.05) is 44.4 Å². The third-order valence-corrected chi connectivity index (χ3v) is 4.69. The van der Waals surface area contributed by atoms with E-state index in [0.717, 1.165) is 42.3 Å². The van der Waals surface area contributed by atoms with Crippen LogP contribution in [0.15, 0.2) is 29.8 Å². The maximum atomic E-state index is 12.1. The van der Waals surface area contributed by atoms with Crippen LogP contribution in [0.3, 0.4) is 0 Å². The first kappa shape index (κ1) is 16.9. The number of aromatic nitrogens is 2. The van der Waals surface area contributed by atoms with Crippen LogP contribution < -0.4 is 0 Å². The summed E-state index contributed by atoms with van der Waals surface area (Å²) in [5.74, 6) is 0.427. The Morgan fingerprint density at radius 1 is 1.42 bits per heavy atom. The largest absolute Gasteiger partial charge is 0.444 e. The normalized spacial score (nSPS) is 18.0. The number of amides is 1. The molecule has 0 N–H and O–H groups in total. The highest BCUT2D eigenvalue weighted by Gasteiger charge is 2.30. The van der Waals surface area contributed by atoms with Gasteiger partial charge in [-0.25, -0.2) is 9.78 Å². The summed E-state index contributed by atoms with van der Waals surface area (Å²) in [5.41, 5.74) is 1.53. The molecule has 0 saturated carbocycles. The zero-order valence-corrected chi connectivity index (χ0v) is 15.2. The summed E-state index contributed by atoms with van der Waals surface area (Å²) in [6, 6.07) is 6.07. The van der Waals surface area contributed by atoms with Gasteiger partial charge in [0.25, 0.3) is 0 Å². The first-order chi connectivity index (χ1) is 11.4. The molecule has 3 heterocycles. The molecule has 0 aromatic carbocycles. The number of carbonyl (C=O) groups is 1. The summed E-state index contributed by atoms with van der Waals surface area (Å²) in [7, 11) is 0. The molecule has 2 aromatic rings. The van der Waals surface area contributed by atoms with Gasteiger partial charge in [-0.2, -0.15) is 0 Å². The Hall–Kier alpha value is -1.95. The third kappa shape index (κ3) is 4.32. The fourth-order valence-electron chi connectivity index (χ4n) is 2.85. The van der Waals surface area contributed by atoms with Crippen LogP contribution in [0.2, 0.25) is 0 Å². The number of ether oxygens (including phenoxy) is 1. The summed E-state index contributed by atoms with van der Waals surface area (Å²) in [6.07, 6.45) is 3.44. The molecule has 24 heavy (non-hydrogen) atoms. The second-order valence-corrected chi connectivity index (χ2v) is 8.03. The van der Waals surface area contributed by atoms with Gasteiger partial charge in [0, 0.05) is 30.4 Å². The highest BCUT2D eigenvalue weighted by atomic mass is 32.1. The molecule has 1 fully saturated rings. The Morgan fingerprint density at radius 2 is 2.25 bits per heavy atom. The molecule has 3 rings (SSSR count). The lowest BCUT2D eigenvalue weighted by molar-refractivity contribution is 0.0288. The number of hydrogen-bond donors (Lipinski definition) is 0. The first-order valence-electron chi connectivity index (χ1n) is 8.24. The average molecular weight is 345 g/mol. The predicted molar refractivity (Wildman–Crippen MR) is 95.0 cm³/mol. The smallest absolute Gasteiger partial charge is 0.410 e. The maximum Gasteiger partial charge on any atom is 0.410 e. The Morgan fingerprint density at radius 3 is 2.96 bits per heavy atom. The lowest BCUT2D eigenvalue weighted by Gasteiger charge is -2.24. The quantitative estimate of drug-likeness (QED) is 0.843. The molecule has 5 nitrogen and oxygen atoms in total. The lowest BCUT2D eigenvalue weighted by Crippen LogP contribution is -2.35. The Labute approximate surface area is 146 Å². The molecule has 0 aliphatic carbocycles. The van der Waals surface area contributed by atoms with Crippen molar-refractivity contribution in [1.29, 1.82) is 0 Å². The minimum atomic E-state index is -0.446. The standard InChI is InChI=1S/C18H23N3O2S/c1-18(2,3)23-17(22)21-9-7-13(12-21)11-14-5-4-6-15(20-14)16-19-8-10-24-16/h4-6,8,10,13H,7,9,11-12H2,1-3H3. The summed E-state index contributed by atoms with van der Waals surface area (Å²) in [4.78, 5) is 23.0. The number of thiazole rings is 1. The molecule has 1 aliphatic rings. The highest BCUT2D eigenvalue weighted by Crippen LogP contribution is 2.24. The zero-order valence-electron chi connectivity index (χ0n) is 14.4. The topological polar surface area (TPSA) is 55.3 Å². The molecule has 0 bridgehead atoms. The van der Waals surface area contributed by atoms with Gasteiger partial charge < -0.3 is 9.64 Å². The van der Waals surface area contributed by atoms with E-state index in [2.05, 4.69) is 4.98 Å². The van der Waals surface area contributed by atoms with Crippen molar-refractivity contribution >= 4 is 17.4 Å². The fraction of sp³-hybridized carbons (Fsp3) is 0.500. The van der Waals surface area contributed by atoms with Gasteiger partial charge in [0.15, 0.2) is 0 Å². The lowest BCUT2D eigenvalue weighted by atomic mass is 10.0. The summed E-state index contributed by atoms with van der Waals surface area (Å²) in [5, 5.41) is 2.90. The number of nitrogens with zero attached hydrogens (tertiary/aromatic N) is 3. The van der Waals surface area contributed by atoms with Crippen molar-refractivity contribution in [2.75, 3.05) is 13.1 Å². The van der Waals surface area contributed by atoms with Crippen molar-refractivity contribution in [3.63, 3.8) is 0 Å². The van der Waals surface area contributed by atoms with Gasteiger partial charge in [0.1, 0.15) is 10.6 Å². The minimum Gasteiger partial charge on any atom is -0.444 e. The van der Waals surface area contributed by atoms with E-state index in [9.17, 15) is 4.79 Å². The molecule has 1 atom stereocenters. The second-order valence-electron chi connectivity index (χ2n) is 7.14. The number of rotatable bonds is 3. The Bertz CT molecular complexity index is 695. The molecule has 2 aromatic heterocycles. The molecule has 0 spiro atoms. The van der Waals surface area contributed by atoms with Crippen LogP contribution in [-0.2, 0) is 11.2 Å². The van der Waals surface area contributed by atoms with Gasteiger partial charge in [0.2, 0.25) is 0 Å². The van der Waals surface area contributed by atoms with Crippen molar-refractivity contribution in [2.45, 2.75) is 39.2 Å². The van der Waals surface area contributed by atoms with Crippen LogP contribution in [0.25, 0.3) is 10.7 Å². The molecule has 1 amide bonds. The van der Waals surface area contributed by atoms with Gasteiger partial charge in [-0.3, -0.25) is 4.98 Å². The number of carbonyl (C=O) groups excluding carboxylic acids is 1. The fourth-order valence-corrected chi connectivity index (χ4v) is 3.46. The molecule has 6 heteroatoms. The molecule has 128 valence electrons. The molecule has 1 saturated heterocycles. The number of hydrogen-bond acceptors (Lipinski definition) is 5. The highest BCUT2D eigenvalue weighted by molar-refractivity contribution is 7.13. The zero-order chi connectivity index (χ0) is 17.2. The predicted octanol–water partition coefficient (Wildman–Crippen LogP) is 4.00. The minimum absolute atomic E-state index is 0.213. The van der Waals surface area contributed by atoms with Gasteiger partial charge in [-0.15, -0.1) is 11.3 Å². The van der Waals surface area contributed by atoms with E-state index < -0.39 is 5.60 Å². The van der Waals surface area contributed by atoms with E-state index in [4.69, 9.17) is 9.72 Å². The molecular weight excluding hydrogens is 322 g/mol. The van der Waals surface area contributed by atoms with Crippen LogP contribution >= 0.6 is 11.3 Å². The van der Waals surface area contributed by atoms with Gasteiger partial charge in [0.05, 0.1) is 5.69 Å². The summed E-state index contributed by atoms with van der Waals surface area (Å²) in [6.45, 7) is 7.18. The Balaban J connectivity index is 1.60. The SMILES string of the molecule is CC(C)(C)OC(=O)N1CCC(Cc2cccc(-c3nccs3)n2)C1.